The summed E-state index contributed by atoms with van der Waals surface area (Å²) in [6.45, 7) is 2.54. The summed E-state index contributed by atoms with van der Waals surface area (Å²) in [5.74, 6) is -0.198. The minimum atomic E-state index is -1.04. The van der Waals surface area contributed by atoms with Crippen LogP contribution in [0.25, 0.3) is 6.08 Å². The molecular weight excluding hydrogens is 580 g/mol. The fourth-order valence-electron chi connectivity index (χ4n) is 3.54. The second-order valence-corrected chi connectivity index (χ2v) is 10.1. The van der Waals surface area contributed by atoms with Gasteiger partial charge < -0.3 is 14.6 Å². The van der Waals surface area contributed by atoms with Crippen molar-refractivity contribution in [3.05, 3.63) is 91.8 Å². The topological polar surface area (TPSA) is 88.4 Å². The molecule has 0 saturated carbocycles. The van der Waals surface area contributed by atoms with Crippen LogP contribution in [0.1, 0.15) is 28.4 Å². The van der Waals surface area contributed by atoms with Gasteiger partial charge in [-0.25, -0.2) is 9.79 Å². The van der Waals surface area contributed by atoms with E-state index in [0.29, 0.717) is 43.3 Å². The molecule has 0 unspecified atom stereocenters. The highest BCUT2D eigenvalue weighted by Gasteiger charge is 2.32. The lowest BCUT2D eigenvalue weighted by molar-refractivity contribution is -0.122. The summed E-state index contributed by atoms with van der Waals surface area (Å²) in [4.78, 5) is 31.0. The van der Waals surface area contributed by atoms with Crippen molar-refractivity contribution in [3.63, 3.8) is 0 Å². The van der Waals surface area contributed by atoms with Crippen LogP contribution in [0.4, 0.5) is 5.69 Å². The van der Waals surface area contributed by atoms with Gasteiger partial charge in [0, 0.05) is 21.6 Å². The molecule has 0 atom stereocenters. The van der Waals surface area contributed by atoms with E-state index < -0.39 is 5.97 Å². The molecule has 3 aromatic carbocycles. The van der Waals surface area contributed by atoms with Crippen molar-refractivity contribution in [1.82, 2.24) is 4.90 Å². The van der Waals surface area contributed by atoms with Gasteiger partial charge in [-0.2, -0.15) is 0 Å². The molecule has 0 radical (unpaired) electrons. The summed E-state index contributed by atoms with van der Waals surface area (Å²) in [7, 11) is 1.55. The normalized spacial score (nSPS) is 15.5. The van der Waals surface area contributed by atoms with Gasteiger partial charge in [-0.1, -0.05) is 51.8 Å². The van der Waals surface area contributed by atoms with E-state index in [0.717, 1.165) is 11.1 Å². The molecule has 0 spiro atoms. The van der Waals surface area contributed by atoms with Gasteiger partial charge in [0.15, 0.2) is 16.7 Å². The van der Waals surface area contributed by atoms with Crippen LogP contribution in [0.3, 0.4) is 0 Å². The van der Waals surface area contributed by atoms with Crippen molar-refractivity contribution < 1.29 is 24.2 Å². The molecule has 1 aliphatic rings. The van der Waals surface area contributed by atoms with Crippen molar-refractivity contribution in [2.45, 2.75) is 13.5 Å². The number of amidine groups is 1. The summed E-state index contributed by atoms with van der Waals surface area (Å²) in [5.41, 5.74) is 2.16. The Bertz CT molecular complexity index is 1430. The number of hydrogen-bond donors (Lipinski definition) is 1. The number of halogens is 2. The van der Waals surface area contributed by atoms with Crippen LogP contribution in [0.2, 0.25) is 5.02 Å². The molecule has 1 fully saturated rings. The first-order valence-corrected chi connectivity index (χ1v) is 13.2. The molecule has 1 N–H and O–H groups in total. The molecule has 3 aromatic rings. The van der Waals surface area contributed by atoms with Crippen LogP contribution in [0, 0.1) is 0 Å². The molecule has 0 bridgehead atoms. The van der Waals surface area contributed by atoms with Gasteiger partial charge in [0.25, 0.3) is 5.91 Å². The molecule has 1 amide bonds. The Hall–Kier alpha value is -3.27. The van der Waals surface area contributed by atoms with Crippen molar-refractivity contribution in [1.29, 1.82) is 0 Å². The van der Waals surface area contributed by atoms with Gasteiger partial charge in [-0.15, -0.1) is 0 Å². The van der Waals surface area contributed by atoms with Crippen LogP contribution in [-0.2, 0) is 11.4 Å². The summed E-state index contributed by atoms with van der Waals surface area (Å²) >= 11 is 11.0. The van der Waals surface area contributed by atoms with Crippen molar-refractivity contribution in [3.8, 4) is 11.5 Å². The van der Waals surface area contributed by atoms with Crippen LogP contribution < -0.4 is 9.47 Å². The maximum atomic E-state index is 13.1. The average Bonchev–Trinajstić information content (AvgIpc) is 3.18. The van der Waals surface area contributed by atoms with E-state index in [1.54, 1.807) is 48.4 Å². The second-order valence-electron chi connectivity index (χ2n) is 7.81. The quantitative estimate of drug-likeness (QED) is 0.279. The zero-order chi connectivity index (χ0) is 26.5. The van der Waals surface area contributed by atoms with Gasteiger partial charge in [-0.05, 0) is 66.7 Å². The third kappa shape index (κ3) is 6.18. The van der Waals surface area contributed by atoms with Crippen LogP contribution in [0.15, 0.2) is 75.0 Å². The van der Waals surface area contributed by atoms with Gasteiger partial charge in [0.1, 0.15) is 6.61 Å². The van der Waals surface area contributed by atoms with Crippen molar-refractivity contribution in [2.24, 2.45) is 4.99 Å². The molecule has 1 heterocycles. The minimum Gasteiger partial charge on any atom is -0.493 e. The number of hydrogen-bond acceptors (Lipinski definition) is 6. The highest BCUT2D eigenvalue weighted by atomic mass is 79.9. The van der Waals surface area contributed by atoms with Gasteiger partial charge >= 0.3 is 5.97 Å². The molecule has 7 nitrogen and oxygen atoms in total. The van der Waals surface area contributed by atoms with Gasteiger partial charge in [0.05, 0.1) is 23.3 Å². The third-order valence-electron chi connectivity index (χ3n) is 5.43. The van der Waals surface area contributed by atoms with Crippen LogP contribution in [0.5, 0.6) is 11.5 Å². The lowest BCUT2D eigenvalue weighted by Gasteiger charge is -2.14. The monoisotopic (exact) mass is 600 g/mol. The first-order chi connectivity index (χ1) is 17.8. The molecule has 4 rings (SSSR count). The van der Waals surface area contributed by atoms with Gasteiger partial charge in [-0.3, -0.25) is 9.69 Å². The highest BCUT2D eigenvalue weighted by molar-refractivity contribution is 9.10. The lowest BCUT2D eigenvalue weighted by Crippen LogP contribution is -2.28. The van der Waals surface area contributed by atoms with E-state index in [1.807, 2.05) is 25.1 Å². The highest BCUT2D eigenvalue weighted by Crippen LogP contribution is 2.39. The first-order valence-electron chi connectivity index (χ1n) is 11.2. The molecule has 37 heavy (non-hydrogen) atoms. The smallest absolute Gasteiger partial charge is 0.335 e. The van der Waals surface area contributed by atoms with E-state index in [9.17, 15) is 14.7 Å². The zero-order valence-corrected chi connectivity index (χ0v) is 23.1. The maximum absolute atomic E-state index is 13.1. The number of benzene rings is 3. The Kier molecular flexibility index (Phi) is 8.58. The molecule has 0 aliphatic carbocycles. The number of rotatable bonds is 8. The number of ether oxygens (including phenoxy) is 2. The summed E-state index contributed by atoms with van der Waals surface area (Å²) < 4.78 is 12.2. The predicted octanol–water partition coefficient (Wildman–Crippen LogP) is 7.01. The Morgan fingerprint density at radius 1 is 1.16 bits per heavy atom. The first kappa shape index (κ1) is 26.8. The number of methoxy groups -OCH3 is 1. The van der Waals surface area contributed by atoms with Gasteiger partial charge in [0.2, 0.25) is 0 Å². The average molecular weight is 602 g/mol. The number of likely N-dealkylation sites (N-methyl/N-ethyl adjacent to an activating group) is 1. The lowest BCUT2D eigenvalue weighted by atomic mass is 10.1. The summed E-state index contributed by atoms with van der Waals surface area (Å²) in [6.07, 6.45) is 1.76. The van der Waals surface area contributed by atoms with E-state index in [1.165, 1.54) is 23.9 Å². The number of aliphatic imine (C=N–C) groups is 1. The van der Waals surface area contributed by atoms with Crippen LogP contribution >= 0.6 is 39.3 Å². The number of carboxylic acids is 1. The van der Waals surface area contributed by atoms with E-state index >= 15 is 0 Å². The third-order valence-corrected chi connectivity index (χ3v) is 7.49. The molecule has 1 aliphatic heterocycles. The molecule has 10 heteroatoms. The minimum absolute atomic E-state index is 0.128. The number of carbonyl (C=O) groups is 2. The molecule has 0 aromatic heterocycles. The summed E-state index contributed by atoms with van der Waals surface area (Å²) in [5, 5.41) is 10.3. The number of carbonyl (C=O) groups excluding carboxylic acids is 1. The Morgan fingerprint density at radius 2 is 1.95 bits per heavy atom. The number of carboxylic acid groups (broad SMARTS) is 1. The number of aromatic carboxylic acids is 1. The van der Waals surface area contributed by atoms with E-state index in [2.05, 4.69) is 20.9 Å². The van der Waals surface area contributed by atoms with Crippen LogP contribution in [-0.4, -0.2) is 40.7 Å². The Balaban J connectivity index is 1.61. The number of amides is 1. The fraction of sp³-hybridized carbons (Fsp3) is 0.148. The SMILES string of the molecule is CCN1C(=O)C(=Cc2cc(OC)c(OCc3ccccc3Cl)cc2Br)SC1=Nc1cccc(C(=O)O)c1. The summed E-state index contributed by atoms with van der Waals surface area (Å²) in [6, 6.07) is 17.3. The zero-order valence-electron chi connectivity index (χ0n) is 19.9. The van der Waals surface area contributed by atoms with E-state index in [4.69, 9.17) is 21.1 Å². The maximum Gasteiger partial charge on any atom is 0.335 e. The second kappa shape index (κ2) is 11.9. The molecule has 1 saturated heterocycles. The Labute approximate surface area is 231 Å². The number of thioether (sulfide) groups is 1. The fourth-order valence-corrected chi connectivity index (χ4v) is 5.22. The predicted molar refractivity (Wildman–Crippen MR) is 150 cm³/mol. The Morgan fingerprint density at radius 3 is 2.65 bits per heavy atom. The van der Waals surface area contributed by atoms with Crippen molar-refractivity contribution >= 4 is 68.1 Å². The number of nitrogens with zero attached hydrogens (tertiary/aromatic N) is 2. The molecule has 190 valence electrons. The standard InChI is InChI=1S/C27H22BrClN2O5S/c1-3-31-25(32)24(37-27(31)30-19-9-6-8-16(11-19)26(33)34)13-18-12-22(35-2)23(14-20(18)28)36-15-17-7-4-5-10-21(17)29/h4-14H,3,15H2,1-2H3,(H,33,34). The largest absolute Gasteiger partial charge is 0.493 e. The van der Waals surface area contributed by atoms with E-state index in [-0.39, 0.29) is 18.1 Å². The van der Waals surface area contributed by atoms with Crippen molar-refractivity contribution in [2.75, 3.05) is 13.7 Å². The molecular formula is C27H22BrClN2O5S.